The predicted octanol–water partition coefficient (Wildman–Crippen LogP) is 6.25. The molecule has 0 amide bonds. The van der Waals surface area contributed by atoms with Gasteiger partial charge >= 0.3 is 6.01 Å². The number of β-amino-alcohol motifs (C(OH)–C–C–N with tert-alkyl or cyclic N) is 1. The van der Waals surface area contributed by atoms with Crippen molar-refractivity contribution in [3.63, 3.8) is 0 Å². The van der Waals surface area contributed by atoms with Crippen LogP contribution in [0, 0.1) is 22.5 Å². The maximum absolute atomic E-state index is 17.2. The lowest BCUT2D eigenvalue weighted by atomic mass is 9.66. The van der Waals surface area contributed by atoms with Gasteiger partial charge in [0, 0.05) is 42.6 Å². The third-order valence-corrected chi connectivity index (χ3v) is 12.1. The third-order valence-electron chi connectivity index (χ3n) is 12.1. The van der Waals surface area contributed by atoms with Crippen LogP contribution in [0.25, 0.3) is 32.9 Å². The number of fused-ring (bicyclic) bond motifs is 3. The number of piperidine rings is 1. The van der Waals surface area contributed by atoms with Gasteiger partial charge in [-0.05, 0) is 81.0 Å². The molecule has 3 atom stereocenters. The molecule has 0 spiro atoms. The molecule has 53 heavy (non-hydrogen) atoms. The Morgan fingerprint density at radius 1 is 1.02 bits per heavy atom. The van der Waals surface area contributed by atoms with Crippen LogP contribution < -0.4 is 14.4 Å². The summed E-state index contributed by atoms with van der Waals surface area (Å²) in [6, 6.07) is 7.51. The molecule has 2 aliphatic carbocycles. The lowest BCUT2D eigenvalue weighted by Crippen LogP contribution is -2.57. The Labute approximate surface area is 308 Å². The van der Waals surface area contributed by atoms with Crippen molar-refractivity contribution in [2.24, 2.45) is 10.8 Å². The number of halogens is 2. The molecule has 3 unspecified atom stereocenters. The fraction of sp³-hybridized carbons (Fsp3) is 0.575. The van der Waals surface area contributed by atoms with Crippen LogP contribution in [0.3, 0.4) is 0 Å². The first-order chi connectivity index (χ1) is 25.4. The molecule has 0 radical (unpaired) electrons. The van der Waals surface area contributed by atoms with Crippen LogP contribution in [0.1, 0.15) is 58.8 Å². The number of anilines is 1. The van der Waals surface area contributed by atoms with E-state index in [0.717, 1.165) is 58.0 Å². The number of aliphatic hydroxyl groups is 1. The lowest BCUT2D eigenvalue weighted by molar-refractivity contribution is -0.0877. The smallest absolute Gasteiger partial charge is 0.319 e. The highest BCUT2D eigenvalue weighted by Crippen LogP contribution is 2.51. The summed E-state index contributed by atoms with van der Waals surface area (Å²) < 4.78 is 56.2. The van der Waals surface area contributed by atoms with E-state index in [1.807, 2.05) is 4.90 Å². The normalized spacial score (nSPS) is 29.2. The van der Waals surface area contributed by atoms with Crippen molar-refractivity contribution in [1.82, 2.24) is 19.9 Å². The number of methoxy groups -OCH3 is 2. The minimum absolute atomic E-state index is 0.00611. The first-order valence-electron chi connectivity index (χ1n) is 18.7. The van der Waals surface area contributed by atoms with Crippen LogP contribution >= 0.6 is 0 Å². The van der Waals surface area contributed by atoms with Crippen LogP contribution in [0.4, 0.5) is 14.6 Å². The zero-order chi connectivity index (χ0) is 37.1. The number of phenolic OH excluding ortho intramolecular Hbond substituents is 1. The van der Waals surface area contributed by atoms with Crippen molar-refractivity contribution < 1.29 is 37.9 Å². The van der Waals surface area contributed by atoms with Gasteiger partial charge in [0.05, 0.1) is 39.6 Å². The molecule has 2 aliphatic heterocycles. The van der Waals surface area contributed by atoms with Crippen LogP contribution in [-0.2, 0) is 9.47 Å². The number of phenols is 1. The van der Waals surface area contributed by atoms with E-state index >= 15 is 8.78 Å². The second-order valence-electron chi connectivity index (χ2n) is 16.3. The van der Waals surface area contributed by atoms with Gasteiger partial charge in [-0.1, -0.05) is 25.5 Å². The predicted molar refractivity (Wildman–Crippen MR) is 197 cm³/mol. The van der Waals surface area contributed by atoms with Crippen molar-refractivity contribution >= 4 is 27.5 Å². The van der Waals surface area contributed by atoms with Crippen molar-refractivity contribution in [3.05, 3.63) is 42.0 Å². The Morgan fingerprint density at radius 2 is 1.83 bits per heavy atom. The van der Waals surface area contributed by atoms with E-state index in [4.69, 9.17) is 28.9 Å². The fourth-order valence-electron chi connectivity index (χ4n) is 9.69. The van der Waals surface area contributed by atoms with Gasteiger partial charge in [-0.25, -0.2) is 13.8 Å². The molecule has 2 aromatic heterocycles. The minimum Gasteiger partial charge on any atom is -0.508 e. The molecule has 4 heterocycles. The number of nitrogens with zero attached hydrogens (tertiary/aromatic N) is 5. The molecular formula is C40H49F2N5O6. The van der Waals surface area contributed by atoms with Gasteiger partial charge < -0.3 is 34.1 Å². The van der Waals surface area contributed by atoms with Crippen LogP contribution in [0.15, 0.2) is 30.3 Å². The Bertz CT molecular complexity index is 2030. The Balaban J connectivity index is 1.21. The Morgan fingerprint density at radius 3 is 2.62 bits per heavy atom. The van der Waals surface area contributed by atoms with Gasteiger partial charge in [0.2, 0.25) is 5.88 Å². The first kappa shape index (κ1) is 36.1. The number of rotatable bonds is 9. The average Bonchev–Trinajstić information content (AvgIpc) is 3.47. The van der Waals surface area contributed by atoms with Gasteiger partial charge in [0.15, 0.2) is 5.82 Å². The first-order valence-corrected chi connectivity index (χ1v) is 18.7. The Hall–Kier alpha value is -3.91. The summed E-state index contributed by atoms with van der Waals surface area (Å²) in [5, 5.41) is 22.4. The van der Waals surface area contributed by atoms with Gasteiger partial charge in [-0.2, -0.15) is 9.97 Å². The van der Waals surface area contributed by atoms with Crippen LogP contribution in [-0.4, -0.2) is 108 Å². The number of aromatic hydroxyl groups is 1. The summed E-state index contributed by atoms with van der Waals surface area (Å²) in [7, 11) is 3.20. The summed E-state index contributed by atoms with van der Waals surface area (Å²) in [6.07, 6.45) is 7.75. The van der Waals surface area contributed by atoms with E-state index in [1.54, 1.807) is 20.1 Å². The summed E-state index contributed by atoms with van der Waals surface area (Å²) in [5.41, 5.74) is -1.41. The molecular weight excluding hydrogens is 684 g/mol. The largest absolute Gasteiger partial charge is 0.508 e. The van der Waals surface area contributed by atoms with Gasteiger partial charge in [-0.15, -0.1) is 0 Å². The summed E-state index contributed by atoms with van der Waals surface area (Å²) in [4.78, 5) is 18.6. The van der Waals surface area contributed by atoms with E-state index < -0.39 is 17.2 Å². The SMILES string of the molecule is COc1nc(-c2cc(O)cc3cccc(F)c23)c(F)c2nc(OCC34CCCC3N(CC3(C)CC(OC)C3)CCC4)nc(N3CCOCC(C)(O)C3)c12. The molecule has 284 valence electrons. The third kappa shape index (κ3) is 6.63. The highest BCUT2D eigenvalue weighted by Gasteiger charge is 2.51. The topological polar surface area (TPSA) is 123 Å². The second-order valence-corrected chi connectivity index (χ2v) is 16.3. The van der Waals surface area contributed by atoms with Crippen molar-refractivity contribution in [3.8, 4) is 28.9 Å². The van der Waals surface area contributed by atoms with E-state index in [9.17, 15) is 10.2 Å². The lowest BCUT2D eigenvalue weighted by Gasteiger charge is -2.52. The van der Waals surface area contributed by atoms with Gasteiger partial charge in [0.1, 0.15) is 39.6 Å². The summed E-state index contributed by atoms with van der Waals surface area (Å²) in [5.74, 6) is -1.31. The highest BCUT2D eigenvalue weighted by atomic mass is 19.1. The molecule has 2 saturated heterocycles. The molecule has 4 aromatic rings. The molecule has 2 aromatic carbocycles. The van der Waals surface area contributed by atoms with Crippen LogP contribution in [0.2, 0.25) is 0 Å². The maximum Gasteiger partial charge on any atom is 0.319 e. The van der Waals surface area contributed by atoms with Crippen molar-refractivity contribution in [2.75, 3.05) is 65.1 Å². The number of hydrogen-bond acceptors (Lipinski definition) is 11. The highest BCUT2D eigenvalue weighted by molar-refractivity contribution is 6.02. The molecule has 0 bridgehead atoms. The quantitative estimate of drug-likeness (QED) is 0.203. The van der Waals surface area contributed by atoms with Gasteiger partial charge in [0.25, 0.3) is 0 Å². The molecule has 8 rings (SSSR count). The number of likely N-dealkylation sites (tertiary alicyclic amines) is 1. The van der Waals surface area contributed by atoms with Crippen molar-refractivity contribution in [2.45, 2.75) is 76.5 Å². The number of benzene rings is 2. The maximum atomic E-state index is 17.2. The number of hydrogen-bond donors (Lipinski definition) is 2. The number of aromatic nitrogens is 3. The second kappa shape index (κ2) is 13.7. The Kier molecular flexibility index (Phi) is 9.36. The molecule has 11 nitrogen and oxygen atoms in total. The van der Waals surface area contributed by atoms with E-state index in [0.29, 0.717) is 37.3 Å². The van der Waals surface area contributed by atoms with Crippen LogP contribution in [0.5, 0.6) is 17.6 Å². The molecule has 4 aliphatic rings. The molecule has 4 fully saturated rings. The van der Waals surface area contributed by atoms with Gasteiger partial charge in [-0.3, -0.25) is 4.90 Å². The number of ether oxygens (including phenoxy) is 4. The van der Waals surface area contributed by atoms with E-state index in [-0.39, 0.29) is 75.0 Å². The van der Waals surface area contributed by atoms with Crippen molar-refractivity contribution in [1.29, 1.82) is 0 Å². The van der Waals surface area contributed by atoms with E-state index in [1.165, 1.54) is 31.4 Å². The standard InChI is InChI=1S/C40H49F2N5O6/c1-38(18-26(19-38)50-3)20-46-13-7-12-40(11-6-10-29(40)46)23-53-37-44-34-31(35(45-37)47-14-15-52-22-39(2,49)21-47)36(51-4)43-33(32(34)42)27-17-25(48)16-24-8-5-9-28(41)30(24)27/h5,8-9,16-17,26,29,48-49H,6-7,10-15,18-23H2,1-4H3. The minimum atomic E-state index is -1.23. The fourth-order valence-corrected chi connectivity index (χ4v) is 9.69. The molecule has 13 heteroatoms. The van der Waals surface area contributed by atoms with E-state index in [2.05, 4.69) is 16.8 Å². The summed E-state index contributed by atoms with van der Waals surface area (Å²) >= 11 is 0. The number of pyridine rings is 1. The zero-order valence-electron chi connectivity index (χ0n) is 31.0. The average molecular weight is 734 g/mol. The monoisotopic (exact) mass is 733 g/mol. The zero-order valence-corrected chi connectivity index (χ0v) is 31.0. The molecule has 2 N–H and O–H groups in total. The summed E-state index contributed by atoms with van der Waals surface area (Å²) in [6.45, 7) is 7.39. The molecule has 2 saturated carbocycles.